The van der Waals surface area contributed by atoms with E-state index in [0.29, 0.717) is 5.82 Å². The number of rotatable bonds is 6. The number of likely N-dealkylation sites (tertiary alicyclic amines) is 1. The fourth-order valence-corrected chi connectivity index (χ4v) is 4.05. The average molecular weight is 407 g/mol. The largest absolute Gasteiger partial charge is 0.393 e. The van der Waals surface area contributed by atoms with Crippen molar-refractivity contribution in [2.24, 2.45) is 7.05 Å². The monoisotopic (exact) mass is 407 g/mol. The number of H-pyrrole nitrogens is 1. The first-order valence-corrected chi connectivity index (χ1v) is 10.3. The minimum absolute atomic E-state index is 0.124. The number of fused-ring (bicyclic) bond motifs is 3. The van der Waals surface area contributed by atoms with E-state index in [2.05, 4.69) is 40.6 Å². The molecule has 1 saturated heterocycles. The fourth-order valence-electron chi connectivity index (χ4n) is 4.05. The van der Waals surface area contributed by atoms with Crippen molar-refractivity contribution in [1.82, 2.24) is 40.1 Å². The van der Waals surface area contributed by atoms with Crippen molar-refractivity contribution in [3.05, 3.63) is 24.5 Å². The molecule has 3 aromatic heterocycles. The summed E-state index contributed by atoms with van der Waals surface area (Å²) in [6.07, 6.45) is 4.23. The Kier molecular flexibility index (Phi) is 5.01. The van der Waals surface area contributed by atoms with Crippen molar-refractivity contribution in [1.29, 1.82) is 0 Å². The van der Waals surface area contributed by atoms with E-state index in [1.165, 1.54) is 4.80 Å². The van der Waals surface area contributed by atoms with E-state index in [-0.39, 0.29) is 6.10 Å². The lowest BCUT2D eigenvalue weighted by Crippen LogP contribution is -2.36. The van der Waals surface area contributed by atoms with Crippen LogP contribution in [0.1, 0.15) is 19.3 Å². The summed E-state index contributed by atoms with van der Waals surface area (Å²) in [4.78, 5) is 16.1. The summed E-state index contributed by atoms with van der Waals surface area (Å²) in [5.74, 6) is 1.43. The van der Waals surface area contributed by atoms with Gasteiger partial charge in [-0.15, -0.1) is 10.2 Å². The molecule has 4 aromatic rings. The number of aromatic amines is 1. The van der Waals surface area contributed by atoms with E-state index in [1.807, 2.05) is 18.2 Å². The average Bonchev–Trinajstić information content (AvgIpc) is 3.35. The molecule has 156 valence electrons. The number of nitrogens with zero attached hydrogens (tertiary/aromatic N) is 7. The molecule has 30 heavy (non-hydrogen) atoms. The molecule has 1 aliphatic rings. The van der Waals surface area contributed by atoms with Gasteiger partial charge in [0.1, 0.15) is 17.8 Å². The van der Waals surface area contributed by atoms with E-state index in [4.69, 9.17) is 0 Å². The molecule has 0 unspecified atom stereocenters. The van der Waals surface area contributed by atoms with Crippen molar-refractivity contribution < 1.29 is 5.11 Å². The summed E-state index contributed by atoms with van der Waals surface area (Å²) < 4.78 is 0. The maximum Gasteiger partial charge on any atom is 0.204 e. The summed E-state index contributed by atoms with van der Waals surface area (Å²) in [7, 11) is 1.75. The molecule has 1 fully saturated rings. The zero-order valence-electron chi connectivity index (χ0n) is 16.9. The molecule has 1 aromatic carbocycles. The molecular formula is C20H25N9O. The Labute approximate surface area is 173 Å². The van der Waals surface area contributed by atoms with Crippen LogP contribution in [0.4, 0.5) is 5.82 Å². The van der Waals surface area contributed by atoms with Gasteiger partial charge in [0.2, 0.25) is 5.82 Å². The van der Waals surface area contributed by atoms with Crippen LogP contribution in [0.15, 0.2) is 24.5 Å². The van der Waals surface area contributed by atoms with Crippen molar-refractivity contribution in [2.75, 3.05) is 31.5 Å². The van der Waals surface area contributed by atoms with Gasteiger partial charge < -0.3 is 20.3 Å². The van der Waals surface area contributed by atoms with Gasteiger partial charge in [0.25, 0.3) is 0 Å². The molecule has 0 bridgehead atoms. The van der Waals surface area contributed by atoms with Crippen LogP contribution in [0.3, 0.4) is 0 Å². The molecule has 3 N–H and O–H groups in total. The van der Waals surface area contributed by atoms with Crippen LogP contribution in [0.2, 0.25) is 0 Å². The van der Waals surface area contributed by atoms with Gasteiger partial charge in [0, 0.05) is 36.1 Å². The topological polar surface area (TPSA) is 121 Å². The number of aromatic nitrogens is 7. The molecule has 4 heterocycles. The second kappa shape index (κ2) is 7.96. The first-order chi connectivity index (χ1) is 14.7. The fraction of sp³-hybridized carbons (Fsp3) is 0.450. The Morgan fingerprint density at radius 2 is 2.10 bits per heavy atom. The SMILES string of the molecule is Cn1nnc(-c2ccc3c(c2)[nH]c2ncnc(NCCCN4CCC(O)CC4)c23)n1. The molecule has 0 radical (unpaired) electrons. The molecule has 10 heteroatoms. The highest BCUT2D eigenvalue weighted by atomic mass is 16.3. The van der Waals surface area contributed by atoms with Gasteiger partial charge in [-0.05, 0) is 37.1 Å². The quantitative estimate of drug-likeness (QED) is 0.412. The number of anilines is 1. The zero-order valence-corrected chi connectivity index (χ0v) is 16.9. The number of piperidine rings is 1. The van der Waals surface area contributed by atoms with Gasteiger partial charge in [-0.2, -0.15) is 4.80 Å². The normalized spacial score (nSPS) is 15.9. The van der Waals surface area contributed by atoms with Crippen molar-refractivity contribution in [3.8, 4) is 11.4 Å². The minimum Gasteiger partial charge on any atom is -0.393 e. The molecule has 5 rings (SSSR count). The molecule has 0 aliphatic carbocycles. The third kappa shape index (κ3) is 3.71. The highest BCUT2D eigenvalue weighted by Crippen LogP contribution is 2.31. The van der Waals surface area contributed by atoms with Gasteiger partial charge in [-0.3, -0.25) is 0 Å². The molecule has 0 atom stereocenters. The minimum atomic E-state index is -0.124. The van der Waals surface area contributed by atoms with Crippen LogP contribution in [-0.4, -0.2) is 77.4 Å². The lowest BCUT2D eigenvalue weighted by Gasteiger charge is -2.29. The van der Waals surface area contributed by atoms with Crippen molar-refractivity contribution in [3.63, 3.8) is 0 Å². The molecule has 1 aliphatic heterocycles. The second-order valence-corrected chi connectivity index (χ2v) is 7.79. The van der Waals surface area contributed by atoms with Crippen LogP contribution >= 0.6 is 0 Å². The third-order valence-corrected chi connectivity index (χ3v) is 5.66. The van der Waals surface area contributed by atoms with Gasteiger partial charge in [0.15, 0.2) is 0 Å². The van der Waals surface area contributed by atoms with Crippen LogP contribution in [0, 0.1) is 0 Å². The highest BCUT2D eigenvalue weighted by molar-refractivity contribution is 6.11. The molecule has 0 saturated carbocycles. The van der Waals surface area contributed by atoms with Crippen LogP contribution < -0.4 is 5.32 Å². The van der Waals surface area contributed by atoms with Gasteiger partial charge in [-0.1, -0.05) is 12.1 Å². The predicted molar refractivity (Wildman–Crippen MR) is 114 cm³/mol. The lowest BCUT2D eigenvalue weighted by molar-refractivity contribution is 0.0825. The van der Waals surface area contributed by atoms with Gasteiger partial charge >= 0.3 is 0 Å². The van der Waals surface area contributed by atoms with Crippen LogP contribution in [-0.2, 0) is 7.05 Å². The summed E-state index contributed by atoms with van der Waals surface area (Å²) in [6.45, 7) is 3.81. The Morgan fingerprint density at radius 3 is 2.90 bits per heavy atom. The maximum atomic E-state index is 9.63. The van der Waals surface area contributed by atoms with E-state index in [1.54, 1.807) is 13.4 Å². The van der Waals surface area contributed by atoms with Crippen molar-refractivity contribution in [2.45, 2.75) is 25.4 Å². The number of benzene rings is 1. The van der Waals surface area contributed by atoms with E-state index in [9.17, 15) is 5.11 Å². The number of aliphatic hydroxyl groups excluding tert-OH is 1. The highest BCUT2D eigenvalue weighted by Gasteiger charge is 2.17. The Morgan fingerprint density at radius 1 is 1.23 bits per heavy atom. The van der Waals surface area contributed by atoms with Gasteiger partial charge in [-0.25, -0.2) is 9.97 Å². The number of hydrogen-bond acceptors (Lipinski definition) is 8. The zero-order chi connectivity index (χ0) is 20.5. The van der Waals surface area contributed by atoms with E-state index in [0.717, 1.165) is 78.8 Å². The number of tetrazole rings is 1. The smallest absolute Gasteiger partial charge is 0.204 e. The van der Waals surface area contributed by atoms with Crippen LogP contribution in [0.25, 0.3) is 33.3 Å². The molecule has 10 nitrogen and oxygen atoms in total. The Bertz CT molecular complexity index is 1160. The molecule has 0 amide bonds. The Balaban J connectivity index is 1.32. The summed E-state index contributed by atoms with van der Waals surface area (Å²) in [5.41, 5.74) is 2.67. The van der Waals surface area contributed by atoms with Crippen LogP contribution in [0.5, 0.6) is 0 Å². The standard InChI is InChI=1S/C20H25N9O/c1-28-26-18(25-27-28)13-3-4-15-16(11-13)24-20-17(15)19(22-12-23-20)21-7-2-8-29-9-5-14(30)6-10-29/h3-4,11-12,14,30H,2,5-10H2,1H3,(H2,21,22,23,24). The van der Waals surface area contributed by atoms with Gasteiger partial charge in [0.05, 0.1) is 18.5 Å². The summed E-state index contributed by atoms with van der Waals surface area (Å²) >= 11 is 0. The molecular weight excluding hydrogens is 382 g/mol. The maximum absolute atomic E-state index is 9.63. The first kappa shape index (κ1) is 18.9. The Hall–Kier alpha value is -3.11. The number of nitrogens with one attached hydrogen (secondary N) is 2. The lowest BCUT2D eigenvalue weighted by atomic mass is 10.1. The summed E-state index contributed by atoms with van der Waals surface area (Å²) in [6, 6.07) is 6.06. The third-order valence-electron chi connectivity index (χ3n) is 5.66. The van der Waals surface area contributed by atoms with E-state index >= 15 is 0 Å². The first-order valence-electron chi connectivity index (χ1n) is 10.3. The number of aryl methyl sites for hydroxylation is 1. The van der Waals surface area contributed by atoms with Crippen molar-refractivity contribution >= 4 is 27.8 Å². The summed E-state index contributed by atoms with van der Waals surface area (Å²) in [5, 5.41) is 27.4. The van der Waals surface area contributed by atoms with E-state index < -0.39 is 0 Å². The second-order valence-electron chi connectivity index (χ2n) is 7.79. The number of hydrogen-bond donors (Lipinski definition) is 3. The molecule has 0 spiro atoms. The number of aliphatic hydroxyl groups is 1. The predicted octanol–water partition coefficient (Wildman–Crippen LogP) is 1.56.